The van der Waals surface area contributed by atoms with Crippen molar-refractivity contribution in [3.63, 3.8) is 0 Å². The molecule has 9 rings (SSSR count). The fourth-order valence-corrected chi connectivity index (χ4v) is 8.78. The Morgan fingerprint density at radius 1 is 0.867 bits per heavy atom. The molecule has 0 spiro atoms. The Kier molecular flexibility index (Phi) is 4.09. The predicted molar refractivity (Wildman–Crippen MR) is 123 cm³/mol. The third kappa shape index (κ3) is 2.38. The lowest BCUT2D eigenvalue weighted by atomic mass is 9.40. The molecule has 0 aromatic heterocycles. The van der Waals surface area contributed by atoms with Crippen molar-refractivity contribution in [2.24, 2.45) is 16.7 Å². The van der Waals surface area contributed by atoms with E-state index in [1.54, 1.807) is 0 Å². The van der Waals surface area contributed by atoms with Gasteiger partial charge < -0.3 is 0 Å². The second-order valence-electron chi connectivity index (χ2n) is 11.3. The summed E-state index contributed by atoms with van der Waals surface area (Å²) >= 11 is 0. The van der Waals surface area contributed by atoms with Crippen molar-refractivity contribution in [1.29, 1.82) is 0 Å². The van der Waals surface area contributed by atoms with Gasteiger partial charge in [-0.15, -0.1) is 0 Å². The molecule has 2 saturated carbocycles. The van der Waals surface area contributed by atoms with Crippen molar-refractivity contribution in [1.82, 2.24) is 9.80 Å². The number of hydrogen-bond acceptors (Lipinski definition) is 2. The average molecular weight is 401 g/mol. The first-order valence-electron chi connectivity index (χ1n) is 12.1. The van der Waals surface area contributed by atoms with Gasteiger partial charge in [-0.25, -0.2) is 0 Å². The van der Waals surface area contributed by atoms with Gasteiger partial charge in [-0.1, -0.05) is 74.5 Å². The fourth-order valence-electron chi connectivity index (χ4n) is 8.78. The number of nitrogens with zero attached hydrogens (tertiary/aromatic N) is 2. The van der Waals surface area contributed by atoms with Gasteiger partial charge in [0, 0.05) is 36.8 Å². The molecule has 8 atom stereocenters. The molecule has 0 amide bonds. The molecule has 2 aromatic rings. The van der Waals surface area contributed by atoms with Crippen molar-refractivity contribution < 1.29 is 0 Å². The summed E-state index contributed by atoms with van der Waals surface area (Å²) in [6, 6.07) is 25.7. The predicted octanol–water partition coefficient (Wildman–Crippen LogP) is 6.07. The molecular formula is C28H36N2. The lowest BCUT2D eigenvalue weighted by Crippen LogP contribution is -2.85. The molecule has 5 heterocycles. The minimum absolute atomic E-state index is 0.386. The van der Waals surface area contributed by atoms with Gasteiger partial charge in [0.15, 0.2) is 0 Å². The van der Waals surface area contributed by atoms with Crippen LogP contribution in [0.15, 0.2) is 60.7 Å². The van der Waals surface area contributed by atoms with Crippen LogP contribution in [-0.4, -0.2) is 34.5 Å². The highest BCUT2D eigenvalue weighted by molar-refractivity contribution is 5.31. The molecule has 1 unspecified atom stereocenters. The van der Waals surface area contributed by atoms with Crippen molar-refractivity contribution in [3.05, 3.63) is 71.8 Å². The number of fused-ring (bicyclic) bond motifs is 2. The minimum atomic E-state index is 0.386. The molecule has 158 valence electrons. The summed E-state index contributed by atoms with van der Waals surface area (Å²) in [5.41, 5.74) is 3.76. The van der Waals surface area contributed by atoms with Crippen LogP contribution in [0.3, 0.4) is 0 Å². The maximum Gasteiger partial charge on any atom is 0.0326 e. The monoisotopic (exact) mass is 400 g/mol. The second-order valence-corrected chi connectivity index (χ2v) is 11.3. The van der Waals surface area contributed by atoms with Crippen molar-refractivity contribution in [2.75, 3.05) is 6.54 Å². The molecule has 2 aliphatic carbocycles. The van der Waals surface area contributed by atoms with Crippen LogP contribution in [0.4, 0.5) is 0 Å². The van der Waals surface area contributed by atoms with Gasteiger partial charge in [0.25, 0.3) is 0 Å². The van der Waals surface area contributed by atoms with Crippen molar-refractivity contribution in [2.45, 2.75) is 77.2 Å². The molecule has 7 aliphatic rings. The van der Waals surface area contributed by atoms with Crippen LogP contribution in [0.5, 0.6) is 0 Å². The van der Waals surface area contributed by atoms with Crippen LogP contribution < -0.4 is 0 Å². The van der Waals surface area contributed by atoms with Crippen LogP contribution in [0.1, 0.15) is 70.2 Å². The Bertz CT molecular complexity index is 926. The maximum atomic E-state index is 2.99. The summed E-state index contributed by atoms with van der Waals surface area (Å²) in [7, 11) is 0. The molecule has 2 nitrogen and oxygen atoms in total. The molecule has 6 bridgehead atoms. The Labute approximate surface area is 182 Å². The molecule has 2 aromatic carbocycles. The summed E-state index contributed by atoms with van der Waals surface area (Å²) in [6.07, 6.45) is 4.21. The summed E-state index contributed by atoms with van der Waals surface area (Å²) in [5, 5.41) is 0. The van der Waals surface area contributed by atoms with E-state index in [0.29, 0.717) is 29.0 Å². The van der Waals surface area contributed by atoms with Crippen LogP contribution in [0.2, 0.25) is 0 Å². The molecular weight excluding hydrogens is 364 g/mol. The van der Waals surface area contributed by atoms with Crippen molar-refractivity contribution >= 4 is 0 Å². The van der Waals surface area contributed by atoms with Crippen LogP contribution >= 0.6 is 0 Å². The minimum Gasteiger partial charge on any atom is -0.292 e. The van der Waals surface area contributed by atoms with Gasteiger partial charge >= 0.3 is 0 Å². The molecule has 5 saturated heterocycles. The number of benzene rings is 2. The molecule has 7 fully saturated rings. The smallest absolute Gasteiger partial charge is 0.0326 e. The first-order valence-corrected chi connectivity index (χ1v) is 12.1. The Morgan fingerprint density at radius 2 is 1.47 bits per heavy atom. The van der Waals surface area contributed by atoms with Gasteiger partial charge in [0.2, 0.25) is 0 Å². The van der Waals surface area contributed by atoms with Gasteiger partial charge in [-0.3, -0.25) is 9.80 Å². The van der Waals surface area contributed by atoms with E-state index in [2.05, 4.69) is 98.2 Å². The summed E-state index contributed by atoms with van der Waals surface area (Å²) in [4.78, 5) is 5.92. The van der Waals surface area contributed by atoms with E-state index in [-0.39, 0.29) is 0 Å². The third-order valence-electron chi connectivity index (χ3n) is 9.63. The Hall–Kier alpha value is -1.64. The zero-order valence-corrected chi connectivity index (χ0v) is 19.0. The number of hydrogen-bond donors (Lipinski definition) is 0. The SMILES string of the molecule is C[C@H](c1ccccc1)N1CC2(C)C[C@@H]3[C@H]4CC[C@](C)([C@@H]2N4[C@H](C)c2ccccc2)[C@@H]31. The molecule has 30 heavy (non-hydrogen) atoms. The van der Waals surface area contributed by atoms with Crippen LogP contribution in [-0.2, 0) is 0 Å². The normalized spacial score (nSPS) is 41.9. The van der Waals surface area contributed by atoms with E-state index in [0.717, 1.165) is 18.0 Å². The van der Waals surface area contributed by atoms with Gasteiger partial charge in [0.05, 0.1) is 0 Å². The summed E-state index contributed by atoms with van der Waals surface area (Å²) < 4.78 is 0. The summed E-state index contributed by atoms with van der Waals surface area (Å²) in [5.74, 6) is 0.810. The van der Waals surface area contributed by atoms with E-state index in [1.807, 2.05) is 0 Å². The largest absolute Gasteiger partial charge is 0.292 e. The highest BCUT2D eigenvalue weighted by atomic mass is 15.4. The second kappa shape index (κ2) is 6.43. The molecule has 0 N–H and O–H groups in total. The quantitative estimate of drug-likeness (QED) is 0.614. The van der Waals surface area contributed by atoms with E-state index in [9.17, 15) is 0 Å². The van der Waals surface area contributed by atoms with E-state index in [1.165, 1.54) is 36.9 Å². The average Bonchev–Trinajstić information content (AvgIpc) is 2.77. The first-order chi connectivity index (χ1) is 14.4. The lowest BCUT2D eigenvalue weighted by Gasteiger charge is -2.80. The number of rotatable bonds is 4. The van der Waals surface area contributed by atoms with Crippen molar-refractivity contribution in [3.8, 4) is 0 Å². The van der Waals surface area contributed by atoms with Gasteiger partial charge in [-0.05, 0) is 61.0 Å². The molecule has 2 heteroatoms. The van der Waals surface area contributed by atoms with Gasteiger partial charge in [0.1, 0.15) is 0 Å². The highest BCUT2D eigenvalue weighted by Gasteiger charge is 2.73. The Balaban J connectivity index is 1.40. The Morgan fingerprint density at radius 3 is 2.07 bits per heavy atom. The standard InChI is InChI=1S/C28H36N2/c1-19(21-11-7-5-8-12-21)29-18-27(3)17-23-24-15-16-28(4,25(23)29)26(27)30(24)20(2)22-13-9-6-10-14-22/h5-14,19-20,23-26H,15-18H2,1-4H3/t19-,20-,23-,24-,25-,26-,27?,28+/m1/s1. The highest BCUT2D eigenvalue weighted by Crippen LogP contribution is 2.70. The first kappa shape index (κ1) is 19.1. The summed E-state index contributed by atoms with van der Waals surface area (Å²) in [6.45, 7) is 11.4. The zero-order valence-electron chi connectivity index (χ0n) is 19.0. The van der Waals surface area contributed by atoms with E-state index < -0.39 is 0 Å². The van der Waals surface area contributed by atoms with Crippen LogP contribution in [0.25, 0.3) is 0 Å². The van der Waals surface area contributed by atoms with E-state index >= 15 is 0 Å². The fraction of sp³-hybridized carbons (Fsp3) is 0.571. The molecule has 0 radical (unpaired) electrons. The lowest BCUT2D eigenvalue weighted by molar-refractivity contribution is -0.300. The third-order valence-corrected chi connectivity index (χ3v) is 9.63. The maximum absolute atomic E-state index is 2.99. The molecule has 5 aliphatic heterocycles. The van der Waals surface area contributed by atoms with Gasteiger partial charge in [-0.2, -0.15) is 0 Å². The zero-order chi connectivity index (χ0) is 20.7. The number of piperidine rings is 5. The topological polar surface area (TPSA) is 6.48 Å². The van der Waals surface area contributed by atoms with E-state index in [4.69, 9.17) is 0 Å². The van der Waals surface area contributed by atoms with Crippen LogP contribution in [0, 0.1) is 16.7 Å².